The molecule has 1 amide bonds. The molecule has 1 atom stereocenters. The van der Waals surface area contributed by atoms with Crippen LogP contribution in [-0.2, 0) is 11.2 Å². The van der Waals surface area contributed by atoms with E-state index in [-0.39, 0.29) is 16.9 Å². The second kappa shape index (κ2) is 11.0. The molecule has 4 rings (SSSR count). The smallest absolute Gasteiger partial charge is 0.424 e. The van der Waals surface area contributed by atoms with Crippen LogP contribution in [0.2, 0.25) is 5.02 Å². The van der Waals surface area contributed by atoms with Gasteiger partial charge in [0.15, 0.2) is 5.82 Å². The highest BCUT2D eigenvalue weighted by atomic mass is 35.5. The number of rotatable bonds is 7. The van der Waals surface area contributed by atoms with E-state index in [9.17, 15) is 32.6 Å². The van der Waals surface area contributed by atoms with Crippen molar-refractivity contribution in [2.45, 2.75) is 38.1 Å². The Morgan fingerprint density at radius 3 is 2.26 bits per heavy atom. The molecule has 14 heteroatoms. The van der Waals surface area contributed by atoms with Crippen molar-refractivity contribution < 1.29 is 41.7 Å². The van der Waals surface area contributed by atoms with Crippen LogP contribution in [0.1, 0.15) is 41.2 Å². The molecule has 2 aromatic heterocycles. The van der Waals surface area contributed by atoms with E-state index >= 15 is 4.39 Å². The summed E-state index contributed by atoms with van der Waals surface area (Å²) in [4.78, 5) is 16.8. The lowest BCUT2D eigenvalue weighted by atomic mass is 9.89. The standard InChI is InChI=1S/C28H24ClF5N4O4/c1-13-9-15-10-16(11-18(42-4)22(15)38-37-13)25(39)35-12-27(41,28(32,33)34)24-21(31)19(26(2,3)40)20(29)23(36-24)14-5-7-17(30)8-6-14/h5-11,40-41H,12H2,1-4H3,(H,35,39)/t27-/m1/s1. The van der Waals surface area contributed by atoms with E-state index < -0.39 is 63.4 Å². The monoisotopic (exact) mass is 610 g/mol. The predicted octanol–water partition coefficient (Wildman–Crippen LogP) is 5.35. The van der Waals surface area contributed by atoms with Crippen LogP contribution in [0.15, 0.2) is 42.5 Å². The molecule has 222 valence electrons. The number of hydrogen-bond donors (Lipinski definition) is 3. The topological polar surface area (TPSA) is 117 Å². The van der Waals surface area contributed by atoms with E-state index in [4.69, 9.17) is 16.3 Å². The molecule has 0 radical (unpaired) electrons. The first-order valence-corrected chi connectivity index (χ1v) is 12.6. The molecule has 0 unspecified atom stereocenters. The third-order valence-corrected chi connectivity index (χ3v) is 6.80. The highest BCUT2D eigenvalue weighted by molar-refractivity contribution is 6.34. The number of benzene rings is 2. The number of nitrogens with zero attached hydrogens (tertiary/aromatic N) is 3. The number of aryl methyl sites for hydroxylation is 1. The van der Waals surface area contributed by atoms with Gasteiger partial charge < -0.3 is 20.3 Å². The van der Waals surface area contributed by atoms with Crippen molar-refractivity contribution in [1.82, 2.24) is 20.5 Å². The van der Waals surface area contributed by atoms with E-state index in [0.29, 0.717) is 16.6 Å². The van der Waals surface area contributed by atoms with Gasteiger partial charge in [-0.15, -0.1) is 5.10 Å². The lowest BCUT2D eigenvalue weighted by Crippen LogP contribution is -2.52. The maximum atomic E-state index is 15.8. The normalized spacial score (nSPS) is 13.6. The van der Waals surface area contributed by atoms with Gasteiger partial charge in [0.1, 0.15) is 22.8 Å². The average Bonchev–Trinajstić information content (AvgIpc) is 2.90. The summed E-state index contributed by atoms with van der Waals surface area (Å²) in [6.07, 6.45) is -5.59. The lowest BCUT2D eigenvalue weighted by Gasteiger charge is -2.33. The number of halogens is 6. The largest absolute Gasteiger partial charge is 0.494 e. The Balaban J connectivity index is 1.83. The van der Waals surface area contributed by atoms with Gasteiger partial charge in [-0.1, -0.05) is 11.6 Å². The quantitative estimate of drug-likeness (QED) is 0.242. The summed E-state index contributed by atoms with van der Waals surface area (Å²) in [5.74, 6) is -3.38. The molecule has 0 aliphatic carbocycles. The summed E-state index contributed by atoms with van der Waals surface area (Å²) in [5.41, 5.74) is -8.44. The van der Waals surface area contributed by atoms with Crippen LogP contribution in [0.3, 0.4) is 0 Å². The van der Waals surface area contributed by atoms with Crippen LogP contribution in [-0.4, -0.2) is 51.1 Å². The minimum absolute atomic E-state index is 0.0247. The summed E-state index contributed by atoms with van der Waals surface area (Å²) in [6.45, 7) is 2.21. The number of aliphatic hydroxyl groups is 2. The molecule has 0 aliphatic heterocycles. The molecule has 0 aliphatic rings. The van der Waals surface area contributed by atoms with Gasteiger partial charge in [-0.3, -0.25) is 4.79 Å². The molecule has 0 saturated heterocycles. The first-order valence-electron chi connectivity index (χ1n) is 12.3. The van der Waals surface area contributed by atoms with Gasteiger partial charge in [0.05, 0.1) is 35.7 Å². The fourth-order valence-electron chi connectivity index (χ4n) is 4.30. The van der Waals surface area contributed by atoms with Crippen molar-refractivity contribution in [3.8, 4) is 17.0 Å². The van der Waals surface area contributed by atoms with Crippen molar-refractivity contribution in [3.05, 3.63) is 81.6 Å². The van der Waals surface area contributed by atoms with Crippen LogP contribution < -0.4 is 10.1 Å². The summed E-state index contributed by atoms with van der Waals surface area (Å²) in [7, 11) is 1.30. The van der Waals surface area contributed by atoms with Gasteiger partial charge in [-0.05, 0) is 63.2 Å². The summed E-state index contributed by atoms with van der Waals surface area (Å²) in [6, 6.07) is 8.34. The van der Waals surface area contributed by atoms with Gasteiger partial charge in [-0.2, -0.15) is 18.3 Å². The average molecular weight is 611 g/mol. The van der Waals surface area contributed by atoms with Crippen LogP contribution in [0.4, 0.5) is 22.0 Å². The summed E-state index contributed by atoms with van der Waals surface area (Å²) < 4.78 is 78.1. The summed E-state index contributed by atoms with van der Waals surface area (Å²) >= 11 is 6.29. The minimum atomic E-state index is -5.59. The maximum Gasteiger partial charge on any atom is 0.424 e. The zero-order chi connectivity index (χ0) is 31.2. The third kappa shape index (κ3) is 5.72. The number of nitrogens with one attached hydrogen (secondary N) is 1. The van der Waals surface area contributed by atoms with E-state index in [1.165, 1.54) is 19.2 Å². The molecule has 0 saturated carbocycles. The van der Waals surface area contributed by atoms with Gasteiger partial charge in [0.2, 0.25) is 5.60 Å². The van der Waals surface area contributed by atoms with Gasteiger partial charge in [-0.25, -0.2) is 13.8 Å². The minimum Gasteiger partial charge on any atom is -0.494 e. The second-order valence-electron chi connectivity index (χ2n) is 10.0. The number of amides is 1. The lowest BCUT2D eigenvalue weighted by molar-refractivity contribution is -0.266. The number of carbonyl (C=O) groups excluding carboxylic acids is 1. The van der Waals surface area contributed by atoms with E-state index in [0.717, 1.165) is 38.1 Å². The molecule has 4 aromatic rings. The Kier molecular flexibility index (Phi) is 8.15. The molecule has 0 spiro atoms. The Bertz CT molecular complexity index is 1680. The Hall–Kier alpha value is -3.94. The van der Waals surface area contributed by atoms with Crippen molar-refractivity contribution in [2.24, 2.45) is 0 Å². The summed E-state index contributed by atoms with van der Waals surface area (Å²) in [5, 5.41) is 31.4. The van der Waals surface area contributed by atoms with Crippen molar-refractivity contribution in [3.63, 3.8) is 0 Å². The third-order valence-electron chi connectivity index (χ3n) is 6.43. The van der Waals surface area contributed by atoms with Gasteiger partial charge >= 0.3 is 6.18 Å². The molecule has 0 fully saturated rings. The molecule has 42 heavy (non-hydrogen) atoms. The number of fused-ring (bicyclic) bond motifs is 1. The molecule has 8 nitrogen and oxygen atoms in total. The Labute approximate surface area is 241 Å². The van der Waals surface area contributed by atoms with Crippen molar-refractivity contribution in [1.29, 1.82) is 0 Å². The number of carbonyl (C=O) groups is 1. The van der Waals surface area contributed by atoms with E-state index in [1.807, 2.05) is 5.32 Å². The maximum absolute atomic E-state index is 15.8. The second-order valence-corrected chi connectivity index (χ2v) is 10.4. The first kappa shape index (κ1) is 31.0. The zero-order valence-corrected chi connectivity index (χ0v) is 23.3. The SMILES string of the molecule is COc1cc(C(=O)NC[C@@](O)(c2nc(-c3ccc(F)cc3)c(Cl)c(C(C)(C)O)c2F)C(F)(F)F)cc2cc(C)nnc12. The Morgan fingerprint density at radius 1 is 1.05 bits per heavy atom. The van der Waals surface area contributed by atoms with Crippen LogP contribution in [0.25, 0.3) is 22.2 Å². The predicted molar refractivity (Wildman–Crippen MR) is 143 cm³/mol. The van der Waals surface area contributed by atoms with E-state index in [1.54, 1.807) is 13.0 Å². The highest BCUT2D eigenvalue weighted by Gasteiger charge is 2.58. The zero-order valence-electron chi connectivity index (χ0n) is 22.6. The molecule has 0 bridgehead atoms. The number of methoxy groups -OCH3 is 1. The fraction of sp³-hybridized carbons (Fsp3) is 0.286. The molecule has 2 aromatic carbocycles. The molecular weight excluding hydrogens is 587 g/mol. The van der Waals surface area contributed by atoms with Gasteiger partial charge in [0, 0.05) is 22.1 Å². The van der Waals surface area contributed by atoms with Crippen molar-refractivity contribution in [2.75, 3.05) is 13.7 Å². The first-order chi connectivity index (χ1) is 19.5. The number of hydrogen-bond acceptors (Lipinski definition) is 7. The fourth-order valence-corrected chi connectivity index (χ4v) is 4.76. The number of alkyl halides is 3. The number of pyridine rings is 1. The Morgan fingerprint density at radius 2 is 1.69 bits per heavy atom. The molecule has 3 N–H and O–H groups in total. The molecule has 2 heterocycles. The van der Waals surface area contributed by atoms with Crippen LogP contribution in [0.5, 0.6) is 5.75 Å². The van der Waals surface area contributed by atoms with Crippen LogP contribution >= 0.6 is 11.6 Å². The highest BCUT2D eigenvalue weighted by Crippen LogP contribution is 2.45. The molecular formula is C28H24ClF5N4O4. The van der Waals surface area contributed by atoms with E-state index in [2.05, 4.69) is 15.2 Å². The van der Waals surface area contributed by atoms with Gasteiger partial charge in [0.25, 0.3) is 5.91 Å². The number of ether oxygens (including phenoxy) is 1. The van der Waals surface area contributed by atoms with Crippen molar-refractivity contribution >= 4 is 28.4 Å². The van der Waals surface area contributed by atoms with Crippen LogP contribution in [0, 0.1) is 18.6 Å². The number of aromatic nitrogens is 3.